The summed E-state index contributed by atoms with van der Waals surface area (Å²) in [5.74, 6) is 0. The zero-order valence-electron chi connectivity index (χ0n) is 10.5. The first-order valence-electron chi connectivity index (χ1n) is 6.05. The number of nitriles is 1. The third-order valence-electron chi connectivity index (χ3n) is 3.01. The van der Waals surface area contributed by atoms with Gasteiger partial charge in [0.1, 0.15) is 11.8 Å². The Kier molecular flexibility index (Phi) is 4.51. The van der Waals surface area contributed by atoms with Crippen LogP contribution in [-0.2, 0) is 9.47 Å². The monoisotopic (exact) mass is 247 g/mol. The van der Waals surface area contributed by atoms with Crippen molar-refractivity contribution in [3.05, 3.63) is 24.0 Å². The van der Waals surface area contributed by atoms with Crippen LogP contribution in [0.2, 0.25) is 0 Å². The predicted molar refractivity (Wildman–Crippen MR) is 67.4 cm³/mol. The van der Waals surface area contributed by atoms with E-state index in [0.717, 1.165) is 25.2 Å². The lowest BCUT2D eigenvalue weighted by molar-refractivity contribution is 0.0280. The van der Waals surface area contributed by atoms with Crippen LogP contribution in [0.3, 0.4) is 0 Å². The molecule has 5 nitrogen and oxygen atoms in total. The number of pyridine rings is 1. The fraction of sp³-hybridized carbons (Fsp3) is 0.538. The van der Waals surface area contributed by atoms with Gasteiger partial charge >= 0.3 is 0 Å². The average molecular weight is 247 g/mol. The summed E-state index contributed by atoms with van der Waals surface area (Å²) in [7, 11) is 1.67. The summed E-state index contributed by atoms with van der Waals surface area (Å²) in [4.78, 5) is 6.20. The molecule has 0 amide bonds. The summed E-state index contributed by atoms with van der Waals surface area (Å²) in [5.41, 5.74) is 1.50. The van der Waals surface area contributed by atoms with Crippen LogP contribution in [0, 0.1) is 11.3 Å². The molecule has 0 saturated carbocycles. The van der Waals surface area contributed by atoms with E-state index in [-0.39, 0.29) is 6.10 Å². The fourth-order valence-electron chi connectivity index (χ4n) is 2.07. The van der Waals surface area contributed by atoms with Gasteiger partial charge in [-0.05, 0) is 18.6 Å². The second kappa shape index (κ2) is 6.34. The van der Waals surface area contributed by atoms with Gasteiger partial charge in [0, 0.05) is 32.1 Å². The molecule has 0 aromatic carbocycles. The maximum Gasteiger partial charge on any atom is 0.142 e. The van der Waals surface area contributed by atoms with Crippen molar-refractivity contribution in [2.75, 3.05) is 38.3 Å². The van der Waals surface area contributed by atoms with Crippen molar-refractivity contribution < 1.29 is 9.47 Å². The molecular weight excluding hydrogens is 230 g/mol. The van der Waals surface area contributed by atoms with Crippen LogP contribution >= 0.6 is 0 Å². The molecule has 1 aromatic rings. The van der Waals surface area contributed by atoms with Crippen molar-refractivity contribution in [1.29, 1.82) is 5.26 Å². The van der Waals surface area contributed by atoms with Crippen molar-refractivity contribution in [2.24, 2.45) is 0 Å². The SMILES string of the molecule is COCCOC1CCN(c2ccnc(C#N)c2)C1. The van der Waals surface area contributed by atoms with Crippen LogP contribution in [-0.4, -0.2) is 44.5 Å². The topological polar surface area (TPSA) is 58.4 Å². The van der Waals surface area contributed by atoms with E-state index in [4.69, 9.17) is 14.7 Å². The number of ether oxygens (including phenoxy) is 2. The van der Waals surface area contributed by atoms with Crippen molar-refractivity contribution in [2.45, 2.75) is 12.5 Å². The first-order chi connectivity index (χ1) is 8.83. The Labute approximate surface area is 107 Å². The van der Waals surface area contributed by atoms with E-state index in [0.29, 0.717) is 18.9 Å². The minimum Gasteiger partial charge on any atom is -0.382 e. The van der Waals surface area contributed by atoms with Crippen LogP contribution in [0.4, 0.5) is 5.69 Å². The van der Waals surface area contributed by atoms with Crippen molar-refractivity contribution in [3.63, 3.8) is 0 Å². The van der Waals surface area contributed by atoms with Gasteiger partial charge in [0.15, 0.2) is 0 Å². The molecule has 1 aromatic heterocycles. The quantitative estimate of drug-likeness (QED) is 0.732. The molecule has 1 unspecified atom stereocenters. The highest BCUT2D eigenvalue weighted by Gasteiger charge is 2.23. The number of hydrogen-bond donors (Lipinski definition) is 0. The first kappa shape index (κ1) is 12.8. The second-order valence-corrected chi connectivity index (χ2v) is 4.23. The lowest BCUT2D eigenvalue weighted by Gasteiger charge is -2.18. The van der Waals surface area contributed by atoms with Gasteiger partial charge in [0.25, 0.3) is 0 Å². The van der Waals surface area contributed by atoms with Crippen LogP contribution in [0.5, 0.6) is 0 Å². The second-order valence-electron chi connectivity index (χ2n) is 4.23. The highest BCUT2D eigenvalue weighted by atomic mass is 16.5. The molecule has 2 heterocycles. The van der Waals surface area contributed by atoms with Gasteiger partial charge in [-0.15, -0.1) is 0 Å². The third-order valence-corrected chi connectivity index (χ3v) is 3.01. The van der Waals surface area contributed by atoms with E-state index in [1.54, 1.807) is 13.3 Å². The van der Waals surface area contributed by atoms with Gasteiger partial charge in [0.2, 0.25) is 0 Å². The van der Waals surface area contributed by atoms with E-state index >= 15 is 0 Å². The summed E-state index contributed by atoms with van der Waals surface area (Å²) in [6, 6.07) is 5.80. The molecule has 0 aliphatic carbocycles. The number of methoxy groups -OCH3 is 1. The Hall–Kier alpha value is -1.64. The number of aromatic nitrogens is 1. The van der Waals surface area contributed by atoms with Gasteiger partial charge in [-0.25, -0.2) is 4.98 Å². The highest BCUT2D eigenvalue weighted by molar-refractivity contribution is 5.49. The van der Waals surface area contributed by atoms with E-state index in [1.807, 2.05) is 12.1 Å². The standard InChI is InChI=1S/C13H17N3O2/c1-17-6-7-18-13-3-5-16(10-13)12-2-4-15-11(8-12)9-14/h2,4,8,13H,3,5-7,10H2,1H3. The summed E-state index contributed by atoms with van der Waals surface area (Å²) in [6.45, 7) is 3.07. The van der Waals surface area contributed by atoms with Crippen molar-refractivity contribution in [3.8, 4) is 6.07 Å². The van der Waals surface area contributed by atoms with Crippen molar-refractivity contribution >= 4 is 5.69 Å². The number of hydrogen-bond acceptors (Lipinski definition) is 5. The molecule has 0 bridgehead atoms. The molecular formula is C13H17N3O2. The molecule has 1 aliphatic rings. The molecule has 1 fully saturated rings. The van der Waals surface area contributed by atoms with E-state index in [2.05, 4.69) is 16.0 Å². The first-order valence-corrected chi connectivity index (χ1v) is 6.05. The fourth-order valence-corrected chi connectivity index (χ4v) is 2.07. The zero-order valence-corrected chi connectivity index (χ0v) is 10.5. The lowest BCUT2D eigenvalue weighted by Crippen LogP contribution is -2.23. The smallest absolute Gasteiger partial charge is 0.142 e. The molecule has 96 valence electrons. The third kappa shape index (κ3) is 3.19. The molecule has 5 heteroatoms. The van der Waals surface area contributed by atoms with Crippen molar-refractivity contribution in [1.82, 2.24) is 4.98 Å². The van der Waals surface area contributed by atoms with E-state index < -0.39 is 0 Å². The van der Waals surface area contributed by atoms with E-state index in [9.17, 15) is 0 Å². The van der Waals surface area contributed by atoms with Crippen LogP contribution in [0.1, 0.15) is 12.1 Å². The van der Waals surface area contributed by atoms with Gasteiger partial charge in [-0.1, -0.05) is 0 Å². The number of nitrogens with zero attached hydrogens (tertiary/aromatic N) is 3. The molecule has 1 saturated heterocycles. The molecule has 1 atom stereocenters. The summed E-state index contributed by atoms with van der Waals surface area (Å²) in [5, 5.41) is 8.83. The van der Waals surface area contributed by atoms with E-state index in [1.165, 1.54) is 0 Å². The number of anilines is 1. The molecule has 18 heavy (non-hydrogen) atoms. The molecule has 0 spiro atoms. The average Bonchev–Trinajstić information content (AvgIpc) is 2.88. The summed E-state index contributed by atoms with van der Waals surface area (Å²) < 4.78 is 10.7. The Morgan fingerprint density at radius 1 is 1.56 bits per heavy atom. The van der Waals surface area contributed by atoms with Crippen LogP contribution in [0.25, 0.3) is 0 Å². The normalized spacial score (nSPS) is 18.9. The maximum atomic E-state index is 8.83. The van der Waals surface area contributed by atoms with Gasteiger partial charge < -0.3 is 14.4 Å². The maximum absolute atomic E-state index is 8.83. The Morgan fingerprint density at radius 2 is 2.44 bits per heavy atom. The van der Waals surface area contributed by atoms with Crippen LogP contribution in [0.15, 0.2) is 18.3 Å². The van der Waals surface area contributed by atoms with Gasteiger partial charge in [-0.2, -0.15) is 5.26 Å². The molecule has 2 rings (SSSR count). The highest BCUT2D eigenvalue weighted by Crippen LogP contribution is 2.21. The Morgan fingerprint density at radius 3 is 3.22 bits per heavy atom. The largest absolute Gasteiger partial charge is 0.382 e. The predicted octanol–water partition coefficient (Wildman–Crippen LogP) is 1.19. The van der Waals surface area contributed by atoms with Gasteiger partial charge in [-0.3, -0.25) is 0 Å². The molecule has 0 radical (unpaired) electrons. The minimum atomic E-state index is 0.249. The number of rotatable bonds is 5. The van der Waals surface area contributed by atoms with Gasteiger partial charge in [0.05, 0.1) is 19.3 Å². The zero-order chi connectivity index (χ0) is 12.8. The lowest BCUT2D eigenvalue weighted by atomic mass is 10.3. The molecule has 1 aliphatic heterocycles. The summed E-state index contributed by atoms with van der Waals surface area (Å²) >= 11 is 0. The minimum absolute atomic E-state index is 0.249. The molecule has 0 N–H and O–H groups in total. The Bertz CT molecular complexity index is 430. The van der Waals surface area contributed by atoms with Crippen LogP contribution < -0.4 is 4.90 Å². The summed E-state index contributed by atoms with van der Waals surface area (Å²) in [6.07, 6.45) is 2.93. The Balaban J connectivity index is 1.90.